The molecule has 2 aliphatic rings. The highest BCUT2D eigenvalue weighted by Gasteiger charge is 2.26. The number of amides is 1. The summed E-state index contributed by atoms with van der Waals surface area (Å²) in [5.41, 5.74) is 4.62. The maximum atomic E-state index is 12.9. The van der Waals surface area contributed by atoms with Crippen LogP contribution in [0.2, 0.25) is 0 Å². The van der Waals surface area contributed by atoms with Crippen molar-refractivity contribution in [2.24, 2.45) is 5.92 Å². The van der Waals surface area contributed by atoms with Crippen molar-refractivity contribution in [1.82, 2.24) is 25.3 Å². The predicted octanol–water partition coefficient (Wildman–Crippen LogP) is 3.41. The van der Waals surface area contributed by atoms with Gasteiger partial charge in [0.2, 0.25) is 17.6 Å². The van der Waals surface area contributed by atoms with Gasteiger partial charge in [0.05, 0.1) is 19.8 Å². The number of hydrogen-bond acceptors (Lipinski definition) is 7. The van der Waals surface area contributed by atoms with Gasteiger partial charge in [-0.1, -0.05) is 59.3 Å². The van der Waals surface area contributed by atoms with E-state index < -0.39 is 0 Å². The molecule has 5 rings (SSSR count). The van der Waals surface area contributed by atoms with Gasteiger partial charge in [-0.2, -0.15) is 4.98 Å². The highest BCUT2D eigenvalue weighted by Crippen LogP contribution is 2.21. The first-order valence-corrected chi connectivity index (χ1v) is 12.9. The number of nitrogens with zero attached hydrogens (tertiary/aromatic N) is 4. The molecular formula is C28H35N5O3. The second-order valence-corrected chi connectivity index (χ2v) is 9.80. The van der Waals surface area contributed by atoms with Crippen molar-refractivity contribution in [3.8, 4) is 11.4 Å². The molecule has 0 aliphatic carbocycles. The summed E-state index contributed by atoms with van der Waals surface area (Å²) in [7, 11) is 0. The molecule has 2 fully saturated rings. The monoisotopic (exact) mass is 489 g/mol. The molecule has 3 heterocycles. The van der Waals surface area contributed by atoms with Crippen LogP contribution in [0.3, 0.4) is 0 Å². The van der Waals surface area contributed by atoms with Gasteiger partial charge in [0.1, 0.15) is 0 Å². The van der Waals surface area contributed by atoms with Crippen molar-refractivity contribution in [2.75, 3.05) is 39.4 Å². The number of carbonyl (C=O) groups is 1. The van der Waals surface area contributed by atoms with Gasteiger partial charge in [0, 0.05) is 37.7 Å². The van der Waals surface area contributed by atoms with Gasteiger partial charge in [-0.3, -0.25) is 14.6 Å². The molecule has 0 saturated carbocycles. The summed E-state index contributed by atoms with van der Waals surface area (Å²) < 4.78 is 11.0. The van der Waals surface area contributed by atoms with E-state index in [9.17, 15) is 4.79 Å². The van der Waals surface area contributed by atoms with E-state index in [1.807, 2.05) is 30.3 Å². The van der Waals surface area contributed by atoms with Crippen LogP contribution in [0.5, 0.6) is 0 Å². The molecule has 0 radical (unpaired) electrons. The third-order valence-corrected chi connectivity index (χ3v) is 7.16. The van der Waals surface area contributed by atoms with E-state index in [1.165, 1.54) is 16.7 Å². The normalized spacial score (nSPS) is 17.8. The van der Waals surface area contributed by atoms with Crippen molar-refractivity contribution in [3.05, 3.63) is 71.1 Å². The zero-order valence-corrected chi connectivity index (χ0v) is 21.0. The van der Waals surface area contributed by atoms with Gasteiger partial charge in [-0.25, -0.2) is 0 Å². The third kappa shape index (κ3) is 6.37. The number of hydrogen-bond donors (Lipinski definition) is 1. The summed E-state index contributed by atoms with van der Waals surface area (Å²) in [6.07, 6.45) is 1.67. The van der Waals surface area contributed by atoms with Crippen molar-refractivity contribution < 1.29 is 14.1 Å². The first-order chi connectivity index (χ1) is 17.6. The lowest BCUT2D eigenvalue weighted by molar-refractivity contribution is -0.126. The Kier molecular flexibility index (Phi) is 8.05. The van der Waals surface area contributed by atoms with Gasteiger partial charge in [-0.15, -0.1) is 0 Å². The molecule has 2 saturated heterocycles. The van der Waals surface area contributed by atoms with Gasteiger partial charge in [0.15, 0.2) is 0 Å². The second kappa shape index (κ2) is 11.8. The summed E-state index contributed by atoms with van der Waals surface area (Å²) in [4.78, 5) is 22.2. The number of rotatable bonds is 8. The third-order valence-electron chi connectivity index (χ3n) is 7.16. The van der Waals surface area contributed by atoms with Crippen molar-refractivity contribution >= 4 is 5.91 Å². The number of carbonyl (C=O) groups excluding carboxylic acids is 1. The molecule has 0 spiro atoms. The molecule has 8 nitrogen and oxygen atoms in total. The molecule has 1 aromatic heterocycles. The average molecular weight is 490 g/mol. The Morgan fingerprint density at radius 3 is 2.39 bits per heavy atom. The lowest BCUT2D eigenvalue weighted by Gasteiger charge is -2.30. The maximum Gasteiger partial charge on any atom is 0.241 e. The first kappa shape index (κ1) is 24.6. The summed E-state index contributed by atoms with van der Waals surface area (Å²) in [6, 6.07) is 16.5. The van der Waals surface area contributed by atoms with E-state index in [0.717, 1.165) is 64.3 Å². The van der Waals surface area contributed by atoms with Crippen LogP contribution < -0.4 is 5.32 Å². The van der Waals surface area contributed by atoms with Gasteiger partial charge in [-0.05, 0) is 44.0 Å². The molecular weight excluding hydrogens is 454 g/mol. The molecule has 1 N–H and O–H groups in total. The maximum absolute atomic E-state index is 12.9. The zero-order valence-electron chi connectivity index (χ0n) is 21.0. The van der Waals surface area contributed by atoms with Crippen LogP contribution in [-0.4, -0.2) is 65.2 Å². The number of ether oxygens (including phenoxy) is 1. The van der Waals surface area contributed by atoms with E-state index in [4.69, 9.17) is 9.26 Å². The van der Waals surface area contributed by atoms with Crippen molar-refractivity contribution in [2.45, 2.75) is 39.4 Å². The Balaban J connectivity index is 1.08. The fourth-order valence-electron chi connectivity index (χ4n) is 4.89. The fraction of sp³-hybridized carbons (Fsp3) is 0.464. The minimum absolute atomic E-state index is 0.0402. The van der Waals surface area contributed by atoms with Crippen LogP contribution in [-0.2, 0) is 29.2 Å². The molecule has 36 heavy (non-hydrogen) atoms. The quantitative estimate of drug-likeness (QED) is 0.519. The number of benzene rings is 2. The molecule has 0 bridgehead atoms. The van der Waals surface area contributed by atoms with E-state index >= 15 is 0 Å². The van der Waals surface area contributed by atoms with Gasteiger partial charge >= 0.3 is 0 Å². The molecule has 2 aromatic carbocycles. The largest absolute Gasteiger partial charge is 0.379 e. The van der Waals surface area contributed by atoms with Crippen LogP contribution in [0, 0.1) is 12.8 Å². The van der Waals surface area contributed by atoms with E-state index in [-0.39, 0.29) is 11.8 Å². The smallest absolute Gasteiger partial charge is 0.241 e. The van der Waals surface area contributed by atoms with Crippen molar-refractivity contribution in [3.63, 3.8) is 0 Å². The molecule has 2 aliphatic heterocycles. The molecule has 0 unspecified atom stereocenters. The first-order valence-electron chi connectivity index (χ1n) is 12.9. The lowest BCUT2D eigenvalue weighted by Crippen LogP contribution is -2.40. The van der Waals surface area contributed by atoms with E-state index in [1.54, 1.807) is 0 Å². The lowest BCUT2D eigenvalue weighted by atomic mass is 9.95. The Labute approximate surface area is 212 Å². The summed E-state index contributed by atoms with van der Waals surface area (Å²) in [5, 5.41) is 7.33. The molecule has 8 heteroatoms. The number of aryl methyl sites for hydroxylation is 1. The van der Waals surface area contributed by atoms with E-state index in [2.05, 4.69) is 50.4 Å². The number of aromatic nitrogens is 2. The highest BCUT2D eigenvalue weighted by molar-refractivity contribution is 5.78. The number of piperidine rings is 1. The van der Waals surface area contributed by atoms with Gasteiger partial charge in [0.25, 0.3) is 0 Å². The number of morpholine rings is 1. The molecule has 0 atom stereocenters. The average Bonchev–Trinajstić information content (AvgIpc) is 3.38. The van der Waals surface area contributed by atoms with E-state index in [0.29, 0.717) is 24.8 Å². The summed E-state index contributed by atoms with van der Waals surface area (Å²) in [6.45, 7) is 9.31. The summed E-state index contributed by atoms with van der Waals surface area (Å²) in [5.74, 6) is 1.42. The van der Waals surface area contributed by atoms with Crippen LogP contribution in [0.1, 0.15) is 35.4 Å². The Morgan fingerprint density at radius 1 is 0.944 bits per heavy atom. The Morgan fingerprint density at radius 2 is 1.64 bits per heavy atom. The molecule has 1 amide bonds. The number of nitrogens with one attached hydrogen (secondary N) is 1. The minimum atomic E-state index is 0.0402. The number of likely N-dealkylation sites (tertiary alicyclic amines) is 1. The second-order valence-electron chi connectivity index (χ2n) is 9.80. The van der Waals surface area contributed by atoms with Gasteiger partial charge < -0.3 is 14.6 Å². The predicted molar refractivity (Wildman–Crippen MR) is 137 cm³/mol. The Hall–Kier alpha value is -3.07. The van der Waals surface area contributed by atoms with Crippen LogP contribution in [0.15, 0.2) is 53.1 Å². The standard InChI is InChI=1S/C28H35N5O3/c1-21-6-8-22(9-7-21)27-30-26(36-31-27)20-32-12-10-23(11-13-32)28(34)29-18-24-4-2-3-5-25(24)19-33-14-16-35-17-15-33/h2-9,23H,10-20H2,1H3,(H,29,34). The van der Waals surface area contributed by atoms with Crippen LogP contribution in [0.4, 0.5) is 0 Å². The fourth-order valence-corrected chi connectivity index (χ4v) is 4.89. The zero-order chi connectivity index (χ0) is 24.7. The van der Waals surface area contributed by atoms with Crippen LogP contribution >= 0.6 is 0 Å². The topological polar surface area (TPSA) is 83.7 Å². The minimum Gasteiger partial charge on any atom is -0.379 e. The van der Waals surface area contributed by atoms with Crippen molar-refractivity contribution in [1.29, 1.82) is 0 Å². The summed E-state index contributed by atoms with van der Waals surface area (Å²) >= 11 is 0. The molecule has 3 aromatic rings. The highest BCUT2D eigenvalue weighted by atomic mass is 16.5. The Bertz CT molecular complexity index is 1130. The van der Waals surface area contributed by atoms with Crippen LogP contribution in [0.25, 0.3) is 11.4 Å². The SMILES string of the molecule is Cc1ccc(-c2noc(CN3CCC(C(=O)NCc4ccccc4CN4CCOCC4)CC3)n2)cc1. The molecule has 190 valence electrons.